The Morgan fingerprint density at radius 2 is 1.87 bits per heavy atom. The molecule has 2 rings (SSSR count). The number of nitrogens with zero attached hydrogens (tertiary/aromatic N) is 2. The first kappa shape index (κ1) is 10.9. The molecule has 1 aliphatic heterocycles. The van der Waals surface area contributed by atoms with Crippen LogP contribution in [0.4, 0.5) is 0 Å². The minimum Gasteiger partial charge on any atom is -0.379 e. The Morgan fingerprint density at radius 3 is 2.40 bits per heavy atom. The molecule has 84 valence electrons. The van der Waals surface area contributed by atoms with Gasteiger partial charge >= 0.3 is 0 Å². The first-order valence-corrected chi connectivity index (χ1v) is 6.01. The van der Waals surface area contributed by atoms with Gasteiger partial charge in [0.1, 0.15) is 5.54 Å². The van der Waals surface area contributed by atoms with Crippen LogP contribution in [-0.4, -0.2) is 36.7 Å². The van der Waals surface area contributed by atoms with E-state index in [0.29, 0.717) is 5.92 Å². The van der Waals surface area contributed by atoms with Crippen molar-refractivity contribution in [1.82, 2.24) is 4.90 Å². The maximum Gasteiger partial charge on any atom is 0.109 e. The Morgan fingerprint density at radius 1 is 1.27 bits per heavy atom. The average Bonchev–Trinajstić information content (AvgIpc) is 2.83. The predicted molar refractivity (Wildman–Crippen MR) is 58.4 cm³/mol. The minimum absolute atomic E-state index is 0.250. The fourth-order valence-electron chi connectivity index (χ4n) is 2.94. The van der Waals surface area contributed by atoms with Crippen LogP contribution in [0.1, 0.15) is 32.6 Å². The van der Waals surface area contributed by atoms with Gasteiger partial charge in [-0.05, 0) is 25.7 Å². The van der Waals surface area contributed by atoms with Crippen molar-refractivity contribution in [1.29, 1.82) is 5.26 Å². The van der Waals surface area contributed by atoms with Crippen LogP contribution >= 0.6 is 0 Å². The van der Waals surface area contributed by atoms with Gasteiger partial charge in [-0.15, -0.1) is 0 Å². The molecule has 1 atom stereocenters. The summed E-state index contributed by atoms with van der Waals surface area (Å²) in [4.78, 5) is 2.33. The molecule has 1 aliphatic carbocycles. The number of morpholine rings is 1. The number of nitriles is 1. The molecule has 1 heterocycles. The summed E-state index contributed by atoms with van der Waals surface area (Å²) in [5.74, 6) is 0.570. The van der Waals surface area contributed by atoms with Gasteiger partial charge in [0.25, 0.3) is 0 Å². The van der Waals surface area contributed by atoms with Crippen molar-refractivity contribution in [2.75, 3.05) is 26.3 Å². The highest BCUT2D eigenvalue weighted by molar-refractivity contribution is 5.10. The van der Waals surface area contributed by atoms with E-state index in [0.717, 1.165) is 26.3 Å². The monoisotopic (exact) mass is 208 g/mol. The topological polar surface area (TPSA) is 36.3 Å². The molecule has 0 aromatic heterocycles. The summed E-state index contributed by atoms with van der Waals surface area (Å²) in [7, 11) is 0. The lowest BCUT2D eigenvalue weighted by molar-refractivity contribution is -0.0158. The lowest BCUT2D eigenvalue weighted by Crippen LogP contribution is -2.54. The van der Waals surface area contributed by atoms with Crippen molar-refractivity contribution in [2.45, 2.75) is 38.1 Å². The van der Waals surface area contributed by atoms with Gasteiger partial charge in [-0.3, -0.25) is 4.90 Å². The molecule has 2 fully saturated rings. The quantitative estimate of drug-likeness (QED) is 0.694. The summed E-state index contributed by atoms with van der Waals surface area (Å²) in [6.07, 6.45) is 5.04. The smallest absolute Gasteiger partial charge is 0.109 e. The zero-order valence-electron chi connectivity index (χ0n) is 9.54. The molecule has 0 aromatic rings. The van der Waals surface area contributed by atoms with Crippen molar-refractivity contribution in [2.24, 2.45) is 5.92 Å². The van der Waals surface area contributed by atoms with E-state index in [9.17, 15) is 5.26 Å². The minimum atomic E-state index is -0.250. The maximum atomic E-state index is 9.47. The number of hydrogen-bond acceptors (Lipinski definition) is 3. The summed E-state index contributed by atoms with van der Waals surface area (Å²) >= 11 is 0. The highest BCUT2D eigenvalue weighted by atomic mass is 16.5. The molecule has 1 unspecified atom stereocenters. The predicted octanol–water partition coefficient (Wildman–Crippen LogP) is 1.79. The second-order valence-electron chi connectivity index (χ2n) is 4.84. The standard InChI is InChI=1S/C12H20N2O/c1-12(10-13,11-4-2-3-5-11)14-6-8-15-9-7-14/h11H,2-9H2,1H3. The van der Waals surface area contributed by atoms with Crippen LogP contribution in [0, 0.1) is 17.2 Å². The molecule has 1 saturated carbocycles. The maximum absolute atomic E-state index is 9.47. The highest BCUT2D eigenvalue weighted by Crippen LogP contribution is 2.37. The highest BCUT2D eigenvalue weighted by Gasteiger charge is 2.41. The molecule has 3 heteroatoms. The third kappa shape index (κ3) is 2.02. The Kier molecular flexibility index (Phi) is 3.28. The van der Waals surface area contributed by atoms with E-state index in [2.05, 4.69) is 17.9 Å². The largest absolute Gasteiger partial charge is 0.379 e. The van der Waals surface area contributed by atoms with Crippen molar-refractivity contribution in [3.63, 3.8) is 0 Å². The molecule has 2 aliphatic rings. The van der Waals surface area contributed by atoms with Crippen molar-refractivity contribution in [3.8, 4) is 6.07 Å². The first-order valence-electron chi connectivity index (χ1n) is 6.01. The van der Waals surface area contributed by atoms with Crippen LogP contribution < -0.4 is 0 Å². The Labute approximate surface area is 92.0 Å². The second-order valence-corrected chi connectivity index (χ2v) is 4.84. The molecule has 0 amide bonds. The van der Waals surface area contributed by atoms with E-state index in [1.807, 2.05) is 0 Å². The van der Waals surface area contributed by atoms with Crippen LogP contribution in [0.15, 0.2) is 0 Å². The van der Waals surface area contributed by atoms with Gasteiger partial charge in [0, 0.05) is 13.1 Å². The van der Waals surface area contributed by atoms with Gasteiger partial charge in [-0.2, -0.15) is 5.26 Å². The van der Waals surface area contributed by atoms with Crippen LogP contribution in [0.2, 0.25) is 0 Å². The lowest BCUT2D eigenvalue weighted by atomic mass is 9.83. The summed E-state index contributed by atoms with van der Waals surface area (Å²) in [6.45, 7) is 5.52. The normalized spacial score (nSPS) is 28.5. The summed E-state index contributed by atoms with van der Waals surface area (Å²) in [6, 6.07) is 2.56. The molecule has 0 bridgehead atoms. The molecular formula is C12H20N2O. The Bertz CT molecular complexity index is 249. The van der Waals surface area contributed by atoms with Crippen molar-refractivity contribution < 1.29 is 4.74 Å². The zero-order chi connectivity index (χ0) is 10.7. The zero-order valence-corrected chi connectivity index (χ0v) is 9.54. The van der Waals surface area contributed by atoms with Crippen LogP contribution in [-0.2, 0) is 4.74 Å². The summed E-state index contributed by atoms with van der Waals surface area (Å²) < 4.78 is 5.35. The van der Waals surface area contributed by atoms with Gasteiger partial charge in [-0.25, -0.2) is 0 Å². The number of rotatable bonds is 2. The van der Waals surface area contributed by atoms with Crippen LogP contribution in [0.5, 0.6) is 0 Å². The van der Waals surface area contributed by atoms with E-state index in [-0.39, 0.29) is 5.54 Å². The number of hydrogen-bond donors (Lipinski definition) is 0. The number of ether oxygens (including phenoxy) is 1. The van der Waals surface area contributed by atoms with Crippen LogP contribution in [0.25, 0.3) is 0 Å². The molecular weight excluding hydrogens is 188 g/mol. The summed E-state index contributed by atoms with van der Waals surface area (Å²) in [5, 5.41) is 9.47. The fraction of sp³-hybridized carbons (Fsp3) is 0.917. The third-order valence-electron chi connectivity index (χ3n) is 4.04. The molecule has 0 radical (unpaired) electrons. The van der Waals surface area contributed by atoms with Gasteiger partial charge in [-0.1, -0.05) is 12.8 Å². The molecule has 0 spiro atoms. The van der Waals surface area contributed by atoms with Gasteiger partial charge in [0.15, 0.2) is 0 Å². The van der Waals surface area contributed by atoms with Crippen LogP contribution in [0.3, 0.4) is 0 Å². The van der Waals surface area contributed by atoms with E-state index in [4.69, 9.17) is 4.74 Å². The van der Waals surface area contributed by atoms with Crippen molar-refractivity contribution >= 4 is 0 Å². The van der Waals surface area contributed by atoms with Gasteiger partial charge in [0.05, 0.1) is 19.3 Å². The van der Waals surface area contributed by atoms with E-state index < -0.39 is 0 Å². The second kappa shape index (κ2) is 4.51. The lowest BCUT2D eigenvalue weighted by Gasteiger charge is -2.42. The Hall–Kier alpha value is -0.590. The molecule has 1 saturated heterocycles. The molecule has 0 aromatic carbocycles. The van der Waals surface area contributed by atoms with E-state index in [1.165, 1.54) is 25.7 Å². The molecule has 15 heavy (non-hydrogen) atoms. The summed E-state index contributed by atoms with van der Waals surface area (Å²) in [5.41, 5.74) is -0.250. The molecule has 3 nitrogen and oxygen atoms in total. The average molecular weight is 208 g/mol. The SMILES string of the molecule is CC(C#N)(C1CCCC1)N1CCOCC1. The first-order chi connectivity index (χ1) is 7.27. The van der Waals surface area contributed by atoms with Gasteiger partial charge < -0.3 is 4.74 Å². The van der Waals surface area contributed by atoms with Gasteiger partial charge in [0.2, 0.25) is 0 Å². The van der Waals surface area contributed by atoms with E-state index >= 15 is 0 Å². The third-order valence-corrected chi connectivity index (χ3v) is 4.04. The van der Waals surface area contributed by atoms with Crippen molar-refractivity contribution in [3.05, 3.63) is 0 Å². The fourth-order valence-corrected chi connectivity index (χ4v) is 2.94. The molecule has 0 N–H and O–H groups in total. The van der Waals surface area contributed by atoms with E-state index in [1.54, 1.807) is 0 Å². The Balaban J connectivity index is 2.08.